The van der Waals surface area contributed by atoms with E-state index in [0.29, 0.717) is 6.42 Å². The van der Waals surface area contributed by atoms with Crippen molar-refractivity contribution in [2.45, 2.75) is 31.1 Å². The van der Waals surface area contributed by atoms with Crippen LogP contribution in [0.1, 0.15) is 31.7 Å². The molecule has 16 heavy (non-hydrogen) atoms. The second-order valence-electron chi connectivity index (χ2n) is 3.63. The minimum atomic E-state index is -3.30. The number of unbranched alkanes of at least 4 members (excludes halogenated alkanes) is 2. The molecule has 0 aliphatic heterocycles. The molecule has 0 heterocycles. The zero-order chi connectivity index (χ0) is 12.0. The molecule has 0 N–H and O–H groups in total. The van der Waals surface area contributed by atoms with Gasteiger partial charge in [0.25, 0.3) is 0 Å². The number of benzene rings is 1. The Morgan fingerprint density at radius 1 is 1.25 bits per heavy atom. The summed E-state index contributed by atoms with van der Waals surface area (Å²) < 4.78 is 23.9. The van der Waals surface area contributed by atoms with Crippen molar-refractivity contribution in [1.29, 1.82) is 5.26 Å². The van der Waals surface area contributed by atoms with Gasteiger partial charge in [-0.1, -0.05) is 31.9 Å². The maximum absolute atomic E-state index is 11.9. The van der Waals surface area contributed by atoms with E-state index in [9.17, 15) is 8.42 Å². The quantitative estimate of drug-likeness (QED) is 0.739. The number of hydrogen-bond donors (Lipinski definition) is 0. The van der Waals surface area contributed by atoms with Crippen molar-refractivity contribution in [3.8, 4) is 6.07 Å². The monoisotopic (exact) mass is 237 g/mol. The van der Waals surface area contributed by atoms with Crippen LogP contribution in [0.4, 0.5) is 0 Å². The lowest BCUT2D eigenvalue weighted by Crippen LogP contribution is -2.08. The highest BCUT2D eigenvalue weighted by Gasteiger charge is 2.17. The molecule has 1 rings (SSSR count). The van der Waals surface area contributed by atoms with Crippen molar-refractivity contribution in [1.82, 2.24) is 0 Å². The highest BCUT2D eigenvalue weighted by Crippen LogP contribution is 2.17. The van der Waals surface area contributed by atoms with Crippen LogP contribution < -0.4 is 0 Å². The molecule has 0 unspecified atom stereocenters. The molecule has 0 saturated carbocycles. The van der Waals surface area contributed by atoms with E-state index in [-0.39, 0.29) is 16.2 Å². The third kappa shape index (κ3) is 3.07. The van der Waals surface area contributed by atoms with Gasteiger partial charge in [-0.25, -0.2) is 8.42 Å². The average molecular weight is 237 g/mol. The molecule has 0 amide bonds. The maximum atomic E-state index is 11.9. The Hall–Kier alpha value is -1.34. The van der Waals surface area contributed by atoms with E-state index >= 15 is 0 Å². The molecular weight excluding hydrogens is 222 g/mol. The van der Waals surface area contributed by atoms with Crippen molar-refractivity contribution >= 4 is 9.84 Å². The Balaban J connectivity index is 2.95. The van der Waals surface area contributed by atoms with Gasteiger partial charge in [-0.3, -0.25) is 0 Å². The predicted molar refractivity (Wildman–Crippen MR) is 62.7 cm³/mol. The highest BCUT2D eigenvalue weighted by molar-refractivity contribution is 7.91. The molecule has 0 bridgehead atoms. The Morgan fingerprint density at radius 3 is 2.56 bits per heavy atom. The summed E-state index contributed by atoms with van der Waals surface area (Å²) in [5.74, 6) is 0.125. The van der Waals surface area contributed by atoms with E-state index in [1.54, 1.807) is 12.1 Å². The number of rotatable bonds is 5. The summed E-state index contributed by atoms with van der Waals surface area (Å²) >= 11 is 0. The van der Waals surface area contributed by atoms with Gasteiger partial charge in [-0.05, 0) is 18.6 Å². The third-order valence-corrected chi connectivity index (χ3v) is 4.21. The Kier molecular flexibility index (Phi) is 4.51. The van der Waals surface area contributed by atoms with Crippen molar-refractivity contribution in [2.24, 2.45) is 0 Å². The van der Waals surface area contributed by atoms with Gasteiger partial charge in [0, 0.05) is 0 Å². The number of nitrogens with zero attached hydrogens (tertiary/aromatic N) is 1. The van der Waals surface area contributed by atoms with Crippen molar-refractivity contribution in [3.63, 3.8) is 0 Å². The summed E-state index contributed by atoms with van der Waals surface area (Å²) in [6.07, 6.45) is 2.53. The zero-order valence-corrected chi connectivity index (χ0v) is 10.1. The summed E-state index contributed by atoms with van der Waals surface area (Å²) in [6, 6.07) is 8.26. The Morgan fingerprint density at radius 2 is 1.94 bits per heavy atom. The smallest absolute Gasteiger partial charge is 0.179 e. The van der Waals surface area contributed by atoms with Crippen LogP contribution in [-0.4, -0.2) is 14.2 Å². The van der Waals surface area contributed by atoms with Gasteiger partial charge in [0.1, 0.15) is 6.07 Å². The fraction of sp³-hybridized carbons (Fsp3) is 0.417. The number of nitriles is 1. The first-order valence-electron chi connectivity index (χ1n) is 5.33. The van der Waals surface area contributed by atoms with Gasteiger partial charge in [-0.2, -0.15) is 5.26 Å². The standard InChI is InChI=1S/C12H15NO2S/c1-2-3-6-9-16(14,15)12-8-5-4-7-11(12)10-13/h4-5,7-8H,2-3,6,9H2,1H3. The second kappa shape index (κ2) is 5.66. The van der Waals surface area contributed by atoms with E-state index in [1.807, 2.05) is 13.0 Å². The molecule has 4 heteroatoms. The van der Waals surface area contributed by atoms with Gasteiger partial charge in [0.05, 0.1) is 16.2 Å². The summed E-state index contributed by atoms with van der Waals surface area (Å²) in [7, 11) is -3.30. The van der Waals surface area contributed by atoms with Crippen LogP contribution in [0.5, 0.6) is 0 Å². The molecule has 1 aromatic rings. The predicted octanol–water partition coefficient (Wildman–Crippen LogP) is 2.52. The van der Waals surface area contributed by atoms with Crippen molar-refractivity contribution < 1.29 is 8.42 Å². The fourth-order valence-electron chi connectivity index (χ4n) is 1.48. The van der Waals surface area contributed by atoms with Gasteiger partial charge in [-0.15, -0.1) is 0 Å². The summed E-state index contributed by atoms with van der Waals surface area (Å²) in [5.41, 5.74) is 0.235. The Bertz CT molecular complexity index is 486. The molecule has 0 atom stereocenters. The third-order valence-electron chi connectivity index (χ3n) is 2.36. The molecule has 0 aliphatic carbocycles. The largest absolute Gasteiger partial charge is 0.224 e. The van der Waals surface area contributed by atoms with Gasteiger partial charge < -0.3 is 0 Å². The van der Waals surface area contributed by atoms with Crippen LogP contribution in [-0.2, 0) is 9.84 Å². The normalized spacial score (nSPS) is 11.0. The first kappa shape index (κ1) is 12.7. The van der Waals surface area contributed by atoms with Crippen LogP contribution >= 0.6 is 0 Å². The minimum Gasteiger partial charge on any atom is -0.224 e. The Labute approximate surface area is 96.6 Å². The zero-order valence-electron chi connectivity index (χ0n) is 9.31. The van der Waals surface area contributed by atoms with Gasteiger partial charge in [0.2, 0.25) is 0 Å². The molecule has 0 spiro atoms. The van der Waals surface area contributed by atoms with Gasteiger partial charge in [0.15, 0.2) is 9.84 Å². The topological polar surface area (TPSA) is 57.9 Å². The first-order valence-corrected chi connectivity index (χ1v) is 6.99. The van der Waals surface area contributed by atoms with Crippen LogP contribution in [0.15, 0.2) is 29.2 Å². The number of hydrogen-bond acceptors (Lipinski definition) is 3. The average Bonchev–Trinajstić information content (AvgIpc) is 2.29. The highest BCUT2D eigenvalue weighted by atomic mass is 32.2. The van der Waals surface area contributed by atoms with Crippen LogP contribution in [0.3, 0.4) is 0 Å². The fourth-order valence-corrected chi connectivity index (χ4v) is 3.02. The van der Waals surface area contributed by atoms with E-state index < -0.39 is 9.84 Å². The lowest BCUT2D eigenvalue weighted by atomic mass is 10.2. The molecular formula is C12H15NO2S. The summed E-state index contributed by atoms with van der Waals surface area (Å²) in [6.45, 7) is 2.02. The molecule has 86 valence electrons. The van der Waals surface area contributed by atoms with E-state index in [1.165, 1.54) is 12.1 Å². The molecule has 0 aromatic heterocycles. The molecule has 0 radical (unpaired) electrons. The van der Waals surface area contributed by atoms with E-state index in [0.717, 1.165) is 12.8 Å². The molecule has 0 aliphatic rings. The van der Waals surface area contributed by atoms with Crippen LogP contribution in [0.2, 0.25) is 0 Å². The molecule has 0 saturated heterocycles. The molecule has 0 fully saturated rings. The summed E-state index contributed by atoms with van der Waals surface area (Å²) in [5, 5.41) is 8.84. The second-order valence-corrected chi connectivity index (χ2v) is 5.71. The van der Waals surface area contributed by atoms with E-state index in [4.69, 9.17) is 5.26 Å². The van der Waals surface area contributed by atoms with Crippen molar-refractivity contribution in [2.75, 3.05) is 5.75 Å². The lowest BCUT2D eigenvalue weighted by molar-refractivity contribution is 0.590. The SMILES string of the molecule is CCCCCS(=O)(=O)c1ccccc1C#N. The molecule has 3 nitrogen and oxygen atoms in total. The first-order chi connectivity index (χ1) is 7.61. The minimum absolute atomic E-state index is 0.125. The van der Waals surface area contributed by atoms with Crippen molar-refractivity contribution in [3.05, 3.63) is 29.8 Å². The maximum Gasteiger partial charge on any atom is 0.179 e. The lowest BCUT2D eigenvalue weighted by Gasteiger charge is -2.05. The van der Waals surface area contributed by atoms with Gasteiger partial charge >= 0.3 is 0 Å². The van der Waals surface area contributed by atoms with E-state index in [2.05, 4.69) is 0 Å². The van der Waals surface area contributed by atoms with Crippen LogP contribution in [0.25, 0.3) is 0 Å². The van der Waals surface area contributed by atoms with Crippen LogP contribution in [0, 0.1) is 11.3 Å². The summed E-state index contributed by atoms with van der Waals surface area (Å²) in [4.78, 5) is 0.161. The molecule has 1 aromatic carbocycles. The number of sulfone groups is 1.